The lowest BCUT2D eigenvalue weighted by Crippen LogP contribution is -2.14. The third-order valence-electron chi connectivity index (χ3n) is 1.84. The van der Waals surface area contributed by atoms with Crippen LogP contribution in [0.1, 0.15) is 11.7 Å². The highest BCUT2D eigenvalue weighted by Gasteiger charge is 2.25. The van der Waals surface area contributed by atoms with Gasteiger partial charge in [-0.3, -0.25) is 0 Å². The predicted octanol–water partition coefficient (Wildman–Crippen LogP) is 1.07. The Morgan fingerprint density at radius 2 is 2.07 bits per heavy atom. The lowest BCUT2D eigenvalue weighted by molar-refractivity contribution is -0.150. The fourth-order valence-corrected chi connectivity index (χ4v) is 1.60. The van der Waals surface area contributed by atoms with Crippen molar-refractivity contribution >= 4 is 21.9 Å². The predicted molar refractivity (Wildman–Crippen MR) is 54.4 cm³/mol. The number of aromatic hydroxyl groups is 2. The molecule has 0 amide bonds. The maximum Gasteiger partial charge on any atom is 0.339 e. The largest absolute Gasteiger partial charge is 0.504 e. The number of halogens is 1. The van der Waals surface area contributed by atoms with E-state index in [4.69, 9.17) is 0 Å². The van der Waals surface area contributed by atoms with Gasteiger partial charge in [0.15, 0.2) is 17.6 Å². The zero-order valence-corrected chi connectivity index (χ0v) is 9.35. The standard InChI is InChI=1S/C9H9BrO5/c1-15-9(14)8(13)6-4(10)2-3-5(11)7(6)12/h2-3,8,11-13H,1H3. The van der Waals surface area contributed by atoms with E-state index in [2.05, 4.69) is 20.7 Å². The number of hydrogen-bond acceptors (Lipinski definition) is 5. The fourth-order valence-electron chi connectivity index (χ4n) is 1.06. The van der Waals surface area contributed by atoms with E-state index in [1.54, 1.807) is 0 Å². The van der Waals surface area contributed by atoms with E-state index in [0.29, 0.717) is 4.47 Å². The van der Waals surface area contributed by atoms with Crippen molar-refractivity contribution in [2.45, 2.75) is 6.10 Å². The van der Waals surface area contributed by atoms with Gasteiger partial charge in [0.25, 0.3) is 0 Å². The average molecular weight is 277 g/mol. The average Bonchev–Trinajstić information content (AvgIpc) is 2.22. The number of benzene rings is 1. The van der Waals surface area contributed by atoms with Crippen molar-refractivity contribution in [2.75, 3.05) is 7.11 Å². The number of aliphatic hydroxyl groups is 1. The number of methoxy groups -OCH3 is 1. The minimum absolute atomic E-state index is 0.123. The summed E-state index contributed by atoms with van der Waals surface area (Å²) < 4.78 is 4.62. The number of phenolic OH excluding ortho intramolecular Hbond substituents is 2. The highest BCUT2D eigenvalue weighted by atomic mass is 79.9. The molecule has 1 atom stereocenters. The van der Waals surface area contributed by atoms with Crippen LogP contribution in [0.15, 0.2) is 16.6 Å². The molecule has 15 heavy (non-hydrogen) atoms. The first kappa shape index (κ1) is 11.8. The summed E-state index contributed by atoms with van der Waals surface area (Å²) in [4.78, 5) is 11.0. The van der Waals surface area contributed by atoms with Gasteiger partial charge in [0.1, 0.15) is 0 Å². The zero-order chi connectivity index (χ0) is 11.6. The molecule has 0 aliphatic carbocycles. The molecule has 0 aliphatic heterocycles. The first-order valence-corrected chi connectivity index (χ1v) is 4.74. The molecule has 6 heteroatoms. The summed E-state index contributed by atoms with van der Waals surface area (Å²) in [6.45, 7) is 0. The van der Waals surface area contributed by atoms with Crippen LogP contribution in [0.2, 0.25) is 0 Å². The van der Waals surface area contributed by atoms with Crippen molar-refractivity contribution in [3.63, 3.8) is 0 Å². The molecule has 0 radical (unpaired) electrons. The molecule has 0 saturated carbocycles. The van der Waals surface area contributed by atoms with Crippen molar-refractivity contribution in [1.29, 1.82) is 0 Å². The van der Waals surface area contributed by atoms with Gasteiger partial charge in [-0.15, -0.1) is 0 Å². The molecule has 0 spiro atoms. The van der Waals surface area contributed by atoms with Gasteiger partial charge in [0.2, 0.25) is 0 Å². The van der Waals surface area contributed by atoms with Crippen LogP contribution in [0.25, 0.3) is 0 Å². The van der Waals surface area contributed by atoms with E-state index in [0.717, 1.165) is 7.11 Å². The maximum absolute atomic E-state index is 11.0. The molecule has 0 heterocycles. The summed E-state index contributed by atoms with van der Waals surface area (Å²) in [6, 6.07) is 2.63. The first-order chi connectivity index (χ1) is 6.99. The van der Waals surface area contributed by atoms with Crippen LogP contribution in [0.5, 0.6) is 11.5 Å². The van der Waals surface area contributed by atoms with Crippen molar-refractivity contribution in [3.05, 3.63) is 22.2 Å². The Labute approximate surface area is 94.1 Å². The molecule has 3 N–H and O–H groups in total. The van der Waals surface area contributed by atoms with Crippen molar-refractivity contribution in [3.8, 4) is 11.5 Å². The molecule has 1 rings (SSSR count). The van der Waals surface area contributed by atoms with Crippen molar-refractivity contribution in [1.82, 2.24) is 0 Å². The Morgan fingerprint density at radius 1 is 1.47 bits per heavy atom. The van der Waals surface area contributed by atoms with Crippen LogP contribution in [-0.4, -0.2) is 28.4 Å². The van der Waals surface area contributed by atoms with Crippen molar-refractivity contribution in [2.24, 2.45) is 0 Å². The molecule has 0 saturated heterocycles. The molecule has 1 unspecified atom stereocenters. The van der Waals surface area contributed by atoms with Crippen LogP contribution >= 0.6 is 15.9 Å². The number of carbonyl (C=O) groups is 1. The van der Waals surface area contributed by atoms with Gasteiger partial charge in [-0.2, -0.15) is 0 Å². The van der Waals surface area contributed by atoms with Gasteiger partial charge in [-0.25, -0.2) is 4.79 Å². The monoisotopic (exact) mass is 276 g/mol. The van der Waals surface area contributed by atoms with Gasteiger partial charge >= 0.3 is 5.97 Å². The lowest BCUT2D eigenvalue weighted by Gasteiger charge is -2.13. The summed E-state index contributed by atoms with van der Waals surface area (Å²) in [5.41, 5.74) is -0.123. The van der Waals surface area contributed by atoms with E-state index in [-0.39, 0.29) is 5.56 Å². The second-order valence-corrected chi connectivity index (χ2v) is 3.61. The van der Waals surface area contributed by atoms with E-state index in [9.17, 15) is 20.1 Å². The highest BCUT2D eigenvalue weighted by molar-refractivity contribution is 9.10. The summed E-state index contributed by atoms with van der Waals surface area (Å²) in [5.74, 6) is -1.89. The van der Waals surface area contributed by atoms with E-state index >= 15 is 0 Å². The van der Waals surface area contributed by atoms with Gasteiger partial charge < -0.3 is 20.1 Å². The van der Waals surface area contributed by atoms with Crippen LogP contribution in [0.4, 0.5) is 0 Å². The molecule has 0 bridgehead atoms. The Morgan fingerprint density at radius 3 is 2.60 bits per heavy atom. The summed E-state index contributed by atoms with van der Waals surface area (Å²) in [6.07, 6.45) is -1.64. The van der Waals surface area contributed by atoms with Crippen LogP contribution in [0, 0.1) is 0 Å². The smallest absolute Gasteiger partial charge is 0.339 e. The van der Waals surface area contributed by atoms with Crippen LogP contribution in [-0.2, 0) is 9.53 Å². The number of aliphatic hydroxyl groups excluding tert-OH is 1. The normalized spacial score (nSPS) is 12.2. The Balaban J connectivity index is 3.24. The minimum Gasteiger partial charge on any atom is -0.504 e. The number of hydrogen-bond donors (Lipinski definition) is 3. The Hall–Kier alpha value is -1.27. The van der Waals surface area contributed by atoms with E-state index < -0.39 is 23.6 Å². The Kier molecular flexibility index (Phi) is 3.54. The molecule has 82 valence electrons. The minimum atomic E-state index is -1.64. The third-order valence-corrected chi connectivity index (χ3v) is 2.53. The molecule has 0 aliphatic rings. The Bertz CT molecular complexity index is 390. The van der Waals surface area contributed by atoms with Crippen molar-refractivity contribution < 1.29 is 24.9 Å². The maximum atomic E-state index is 11.0. The summed E-state index contributed by atoms with van der Waals surface area (Å²) in [7, 11) is 1.11. The third kappa shape index (κ3) is 2.21. The van der Waals surface area contributed by atoms with E-state index in [1.165, 1.54) is 12.1 Å². The van der Waals surface area contributed by atoms with Crippen LogP contribution in [0.3, 0.4) is 0 Å². The van der Waals surface area contributed by atoms with Gasteiger partial charge in [0.05, 0.1) is 12.7 Å². The SMILES string of the molecule is COC(=O)C(O)c1c(Br)ccc(O)c1O. The molecule has 0 fully saturated rings. The number of carbonyl (C=O) groups excluding carboxylic acids is 1. The molecule has 1 aromatic rings. The quantitative estimate of drug-likeness (QED) is 0.556. The second-order valence-electron chi connectivity index (χ2n) is 2.75. The number of esters is 1. The van der Waals surface area contributed by atoms with Gasteiger partial charge in [0, 0.05) is 4.47 Å². The molecular formula is C9H9BrO5. The fraction of sp³-hybridized carbons (Fsp3) is 0.222. The first-order valence-electron chi connectivity index (χ1n) is 3.95. The number of rotatable bonds is 2. The van der Waals surface area contributed by atoms with Crippen LogP contribution < -0.4 is 0 Å². The highest BCUT2D eigenvalue weighted by Crippen LogP contribution is 2.38. The second kappa shape index (κ2) is 4.50. The van der Waals surface area contributed by atoms with Gasteiger partial charge in [-0.05, 0) is 12.1 Å². The topological polar surface area (TPSA) is 87.0 Å². The molecular weight excluding hydrogens is 268 g/mol. The molecule has 0 aromatic heterocycles. The number of phenols is 2. The van der Waals surface area contributed by atoms with Gasteiger partial charge in [-0.1, -0.05) is 15.9 Å². The summed E-state index contributed by atoms with van der Waals surface area (Å²) >= 11 is 3.04. The van der Waals surface area contributed by atoms with E-state index in [1.807, 2.05) is 0 Å². The molecule has 5 nitrogen and oxygen atoms in total. The molecule has 1 aromatic carbocycles. The number of ether oxygens (including phenoxy) is 1. The summed E-state index contributed by atoms with van der Waals surface area (Å²) in [5, 5.41) is 28.1. The lowest BCUT2D eigenvalue weighted by atomic mass is 10.1. The zero-order valence-electron chi connectivity index (χ0n) is 7.77.